The maximum absolute atomic E-state index is 12.0. The van der Waals surface area contributed by atoms with E-state index in [1.807, 2.05) is 66.4 Å². The molecule has 11 heteroatoms. The molecule has 0 spiro atoms. The number of nitrogens with zero attached hydrogens (tertiary/aromatic N) is 2. The van der Waals surface area contributed by atoms with Gasteiger partial charge in [0.15, 0.2) is 0 Å². The maximum atomic E-state index is 12.0. The lowest BCUT2D eigenvalue weighted by Crippen LogP contribution is -2.38. The molecule has 0 aromatic heterocycles. The number of amides is 2. The van der Waals surface area contributed by atoms with E-state index < -0.39 is 23.7 Å². The Morgan fingerprint density at radius 3 is 2.24 bits per heavy atom. The summed E-state index contributed by atoms with van der Waals surface area (Å²) in [6, 6.07) is 19.3. The summed E-state index contributed by atoms with van der Waals surface area (Å²) in [5, 5.41) is 12.4. The Bertz CT molecular complexity index is 1470. The number of carboxylic acids is 1. The first-order chi connectivity index (χ1) is 19.6. The molecule has 1 atom stereocenters. The molecule has 1 heterocycles. The summed E-state index contributed by atoms with van der Waals surface area (Å²) in [4.78, 5) is 38.7. The standard InChI is InChI=1S/C22H25N3O4S.C9H12N2O/c1-22(2,3)29-21(28)24-16-7-8-17-15(10-16)11-18(20(26)27)25(17)12-13-5-4-6-14(9-13)19(23)30;1-11(2)8-5-3-7(4-6-8)9(10)12/h4-10,18H,11-12H2,1-3H3,(H2,23,30)(H,24,28)(H,26,27);3-6H,1-2H3,(H2,10,12). The lowest BCUT2D eigenvalue weighted by molar-refractivity contribution is -0.138. The molecule has 0 aliphatic carbocycles. The molecule has 1 aliphatic rings. The van der Waals surface area contributed by atoms with Gasteiger partial charge in [-0.1, -0.05) is 30.4 Å². The van der Waals surface area contributed by atoms with Gasteiger partial charge in [-0.25, -0.2) is 9.59 Å². The van der Waals surface area contributed by atoms with E-state index in [-0.39, 0.29) is 5.91 Å². The minimum Gasteiger partial charge on any atom is -0.480 e. The van der Waals surface area contributed by atoms with Gasteiger partial charge in [0.25, 0.3) is 0 Å². The Balaban J connectivity index is 0.000000337. The van der Waals surface area contributed by atoms with Crippen molar-refractivity contribution in [3.8, 4) is 0 Å². The predicted octanol–water partition coefficient (Wildman–Crippen LogP) is 4.54. The normalized spacial score (nSPS) is 13.7. The molecule has 0 radical (unpaired) electrons. The van der Waals surface area contributed by atoms with Crippen LogP contribution in [0, 0.1) is 0 Å². The SMILES string of the molecule is CC(C)(C)OC(=O)Nc1ccc2c(c1)CC(C(=O)O)N2Cc1cccc(C(N)=S)c1.CN(C)c1ccc(C(N)=O)cc1. The molecule has 4 rings (SSSR count). The van der Waals surface area contributed by atoms with Gasteiger partial charge in [0, 0.05) is 55.2 Å². The van der Waals surface area contributed by atoms with Crippen LogP contribution in [0.15, 0.2) is 66.7 Å². The fourth-order valence-electron chi connectivity index (χ4n) is 4.37. The zero-order chi connectivity index (χ0) is 31.2. The van der Waals surface area contributed by atoms with E-state index in [9.17, 15) is 19.5 Å². The average Bonchev–Trinajstić information content (AvgIpc) is 3.25. The second kappa shape index (κ2) is 13.3. The van der Waals surface area contributed by atoms with Gasteiger partial charge >= 0.3 is 12.1 Å². The smallest absolute Gasteiger partial charge is 0.412 e. The minimum absolute atomic E-state index is 0.298. The summed E-state index contributed by atoms with van der Waals surface area (Å²) >= 11 is 5.04. The first-order valence-corrected chi connectivity index (χ1v) is 13.6. The van der Waals surface area contributed by atoms with Gasteiger partial charge in [0.2, 0.25) is 5.91 Å². The Kier molecular flexibility index (Phi) is 10.1. The van der Waals surface area contributed by atoms with Crippen molar-refractivity contribution in [2.75, 3.05) is 29.2 Å². The summed E-state index contributed by atoms with van der Waals surface area (Å²) < 4.78 is 5.28. The van der Waals surface area contributed by atoms with E-state index in [4.69, 9.17) is 28.4 Å². The number of ether oxygens (including phenoxy) is 1. The molecular formula is C31H37N5O5S. The zero-order valence-electron chi connectivity index (χ0n) is 24.4. The lowest BCUT2D eigenvalue weighted by atomic mass is 10.1. The number of carbonyl (C=O) groups excluding carboxylic acids is 2. The fraction of sp³-hybridized carbons (Fsp3) is 0.290. The number of primary amides is 1. The molecular weight excluding hydrogens is 554 g/mol. The van der Waals surface area contributed by atoms with Crippen LogP contribution in [0.2, 0.25) is 0 Å². The highest BCUT2D eigenvalue weighted by molar-refractivity contribution is 7.80. The highest BCUT2D eigenvalue weighted by Crippen LogP contribution is 2.36. The molecule has 42 heavy (non-hydrogen) atoms. The van der Waals surface area contributed by atoms with Crippen LogP contribution in [-0.4, -0.2) is 53.8 Å². The van der Waals surface area contributed by atoms with Gasteiger partial charge in [0.05, 0.1) is 0 Å². The van der Waals surface area contributed by atoms with Crippen molar-refractivity contribution in [2.24, 2.45) is 11.5 Å². The van der Waals surface area contributed by atoms with Crippen molar-refractivity contribution < 1.29 is 24.2 Å². The van der Waals surface area contributed by atoms with Crippen LogP contribution in [0.25, 0.3) is 0 Å². The van der Waals surface area contributed by atoms with Crippen LogP contribution < -0.4 is 26.6 Å². The predicted molar refractivity (Wildman–Crippen MR) is 169 cm³/mol. The number of nitrogens with two attached hydrogens (primary N) is 2. The molecule has 2 amide bonds. The number of nitrogens with one attached hydrogen (secondary N) is 1. The van der Waals surface area contributed by atoms with E-state index in [1.54, 1.807) is 45.0 Å². The number of aliphatic carboxylic acids is 1. The number of carbonyl (C=O) groups is 3. The number of hydrogen-bond acceptors (Lipinski definition) is 7. The molecule has 6 N–H and O–H groups in total. The fourth-order valence-corrected chi connectivity index (χ4v) is 4.50. The van der Waals surface area contributed by atoms with Crippen molar-refractivity contribution in [3.05, 3.63) is 89.0 Å². The maximum Gasteiger partial charge on any atom is 0.412 e. The lowest BCUT2D eigenvalue weighted by Gasteiger charge is -2.25. The van der Waals surface area contributed by atoms with Crippen molar-refractivity contribution in [1.29, 1.82) is 0 Å². The molecule has 0 fully saturated rings. The summed E-state index contributed by atoms with van der Waals surface area (Å²) in [7, 11) is 3.89. The molecule has 1 aliphatic heterocycles. The quantitative estimate of drug-likeness (QED) is 0.290. The van der Waals surface area contributed by atoms with E-state index >= 15 is 0 Å². The molecule has 222 valence electrons. The van der Waals surface area contributed by atoms with Crippen LogP contribution in [-0.2, 0) is 22.5 Å². The first-order valence-electron chi connectivity index (χ1n) is 13.2. The number of thiocarbonyl (C=S) groups is 1. The van der Waals surface area contributed by atoms with E-state index in [1.165, 1.54) is 0 Å². The van der Waals surface area contributed by atoms with E-state index in [0.29, 0.717) is 29.2 Å². The van der Waals surface area contributed by atoms with Crippen LogP contribution in [0.1, 0.15) is 47.8 Å². The molecule has 10 nitrogen and oxygen atoms in total. The Morgan fingerprint density at radius 1 is 1.02 bits per heavy atom. The minimum atomic E-state index is -0.904. The largest absolute Gasteiger partial charge is 0.480 e. The number of anilines is 3. The Morgan fingerprint density at radius 2 is 1.69 bits per heavy atom. The summed E-state index contributed by atoms with van der Waals surface area (Å²) in [5.74, 6) is -1.29. The molecule has 3 aromatic carbocycles. The van der Waals surface area contributed by atoms with Gasteiger partial charge in [0.1, 0.15) is 16.6 Å². The summed E-state index contributed by atoms with van der Waals surface area (Å²) in [6.07, 6.45) is -0.217. The highest BCUT2D eigenvalue weighted by Gasteiger charge is 2.34. The first kappa shape index (κ1) is 31.9. The van der Waals surface area contributed by atoms with Gasteiger partial charge in [-0.3, -0.25) is 10.1 Å². The van der Waals surface area contributed by atoms with Crippen LogP contribution in [0.3, 0.4) is 0 Å². The number of benzene rings is 3. The molecule has 0 saturated heterocycles. The number of carboxylic acid groups (broad SMARTS) is 1. The number of fused-ring (bicyclic) bond motifs is 1. The second-order valence-electron chi connectivity index (χ2n) is 11.0. The topological polar surface area (TPSA) is 151 Å². The van der Waals surface area contributed by atoms with Crippen LogP contribution in [0.5, 0.6) is 0 Å². The van der Waals surface area contributed by atoms with Gasteiger partial charge < -0.3 is 31.1 Å². The van der Waals surface area contributed by atoms with E-state index in [0.717, 1.165) is 28.1 Å². The van der Waals surface area contributed by atoms with Crippen molar-refractivity contribution in [3.63, 3.8) is 0 Å². The summed E-state index contributed by atoms with van der Waals surface area (Å²) in [5.41, 5.74) is 15.7. The number of hydrogen-bond donors (Lipinski definition) is 4. The average molecular weight is 592 g/mol. The monoisotopic (exact) mass is 591 g/mol. The van der Waals surface area contributed by atoms with Crippen molar-refractivity contribution in [1.82, 2.24) is 0 Å². The van der Waals surface area contributed by atoms with Crippen molar-refractivity contribution >= 4 is 52.2 Å². The Labute approximate surface area is 251 Å². The zero-order valence-corrected chi connectivity index (χ0v) is 25.2. The molecule has 1 unspecified atom stereocenters. The van der Waals surface area contributed by atoms with Crippen molar-refractivity contribution in [2.45, 2.75) is 45.4 Å². The number of rotatable bonds is 7. The van der Waals surface area contributed by atoms with Gasteiger partial charge in [-0.05, 0) is 80.4 Å². The second-order valence-corrected chi connectivity index (χ2v) is 11.5. The highest BCUT2D eigenvalue weighted by atomic mass is 32.1. The molecule has 0 bridgehead atoms. The van der Waals surface area contributed by atoms with Gasteiger partial charge in [-0.2, -0.15) is 0 Å². The summed E-state index contributed by atoms with van der Waals surface area (Å²) in [6.45, 7) is 5.77. The van der Waals surface area contributed by atoms with E-state index in [2.05, 4.69) is 5.32 Å². The third kappa shape index (κ3) is 8.68. The Hall–Kier alpha value is -4.64. The van der Waals surface area contributed by atoms with Crippen LogP contribution in [0.4, 0.5) is 21.9 Å². The third-order valence-electron chi connectivity index (χ3n) is 6.34. The van der Waals surface area contributed by atoms with Gasteiger partial charge in [-0.15, -0.1) is 0 Å². The molecule has 0 saturated carbocycles. The van der Waals surface area contributed by atoms with Crippen LogP contribution >= 0.6 is 12.2 Å². The third-order valence-corrected chi connectivity index (χ3v) is 6.58. The molecule has 3 aromatic rings.